The molecule has 6 aromatic carbocycles. The first-order chi connectivity index (χ1) is 40.0. The number of halogens is 2. The van der Waals surface area contributed by atoms with Crippen molar-refractivity contribution in [2.75, 3.05) is 78.5 Å². The number of likely N-dealkylation sites (tertiary alicyclic amines) is 2. The van der Waals surface area contributed by atoms with Gasteiger partial charge in [0, 0.05) is 97.4 Å². The van der Waals surface area contributed by atoms with Crippen molar-refractivity contribution in [3.63, 3.8) is 0 Å². The van der Waals surface area contributed by atoms with E-state index in [0.29, 0.717) is 59.2 Å². The second kappa shape index (κ2) is 30.6. The van der Waals surface area contributed by atoms with Crippen LogP contribution in [0.5, 0.6) is 0 Å². The third-order valence-electron chi connectivity index (χ3n) is 17.5. The Labute approximate surface area is 497 Å². The zero-order valence-corrected chi connectivity index (χ0v) is 49.8. The van der Waals surface area contributed by atoms with Gasteiger partial charge in [0.05, 0.1) is 12.1 Å². The number of fused-ring (bicyclic) bond motifs is 2. The van der Waals surface area contributed by atoms with Crippen LogP contribution in [0.2, 0.25) is 10.0 Å². The molecule has 0 saturated carbocycles. The number of carbonyl (C=O) groups excluding carboxylic acids is 4. The summed E-state index contributed by atoms with van der Waals surface area (Å²) in [4.78, 5) is 63.2. The van der Waals surface area contributed by atoms with E-state index < -0.39 is 0 Å². The highest BCUT2D eigenvalue weighted by molar-refractivity contribution is 6.31. The fourth-order valence-electron chi connectivity index (χ4n) is 12.5. The molecule has 6 aromatic rings. The number of amides is 4. The van der Waals surface area contributed by atoms with Crippen LogP contribution in [0, 0.1) is 0 Å². The molecular weight excluding hydrogens is 1060 g/mol. The quantitative estimate of drug-likeness (QED) is 0.0595. The lowest BCUT2D eigenvalue weighted by Crippen LogP contribution is -2.50. The van der Waals surface area contributed by atoms with Gasteiger partial charge in [-0.1, -0.05) is 135 Å². The normalized spacial score (nSPS) is 21.0. The monoisotopic (exact) mass is 1150 g/mol. The number of piperidine rings is 2. The number of rotatable bonds is 20. The maximum absolute atomic E-state index is 13.9. The standard InChI is InChI=1S/2C34H43ClN4O2/c2*1-2-25(26-9-5-3-6-10-26)24-39-20-15-31(37-32(34(39)41)16-19-38-17-7-4-8-18-38)23-36-33(40)29-12-11-28-22-30(35)14-13-27(28)21-29/h2*3,5-6,9-14,21-22,25,31-32,37H,2,4,7-8,15-20,23-24H2,1H3,(H,36,40)/t25-,31+,32-;25-,31-,32+/m11/s1. The Morgan fingerprint density at radius 1 is 0.500 bits per heavy atom. The van der Waals surface area contributed by atoms with E-state index in [0.717, 1.165) is 112 Å². The molecule has 4 saturated heterocycles. The molecule has 4 N–H and O–H groups in total. The first-order valence-corrected chi connectivity index (χ1v) is 31.3. The van der Waals surface area contributed by atoms with Gasteiger partial charge in [0.1, 0.15) is 0 Å². The minimum atomic E-state index is -0.250. The second-order valence-corrected chi connectivity index (χ2v) is 24.1. The van der Waals surface area contributed by atoms with Gasteiger partial charge >= 0.3 is 0 Å². The van der Waals surface area contributed by atoms with Crippen LogP contribution in [0.3, 0.4) is 0 Å². The number of hydrogen-bond donors (Lipinski definition) is 4. The summed E-state index contributed by atoms with van der Waals surface area (Å²) in [7, 11) is 0. The summed E-state index contributed by atoms with van der Waals surface area (Å²) in [5, 5.41) is 19.0. The lowest BCUT2D eigenvalue weighted by Gasteiger charge is -2.31. The molecule has 4 amide bonds. The van der Waals surface area contributed by atoms with Crippen molar-refractivity contribution in [3.05, 3.63) is 166 Å². The maximum atomic E-state index is 13.9. The highest BCUT2D eigenvalue weighted by Crippen LogP contribution is 2.27. The average Bonchev–Trinajstić information content (AvgIpc) is 3.80. The largest absolute Gasteiger partial charge is 0.350 e. The lowest BCUT2D eigenvalue weighted by atomic mass is 9.95. The Morgan fingerprint density at radius 2 is 0.878 bits per heavy atom. The van der Waals surface area contributed by atoms with E-state index in [1.54, 1.807) is 0 Å². The van der Waals surface area contributed by atoms with E-state index in [-0.39, 0.29) is 47.8 Å². The summed E-state index contributed by atoms with van der Waals surface area (Å²) in [6.07, 6.45) is 12.7. The third kappa shape index (κ3) is 17.1. The van der Waals surface area contributed by atoms with Gasteiger partial charge in [0.2, 0.25) is 11.8 Å². The summed E-state index contributed by atoms with van der Waals surface area (Å²) < 4.78 is 0. The second-order valence-electron chi connectivity index (χ2n) is 23.2. The van der Waals surface area contributed by atoms with Crippen molar-refractivity contribution >= 4 is 68.4 Å². The molecule has 4 heterocycles. The van der Waals surface area contributed by atoms with Crippen LogP contribution >= 0.6 is 23.2 Å². The fraction of sp³-hybridized carbons (Fsp3) is 0.471. The maximum Gasteiger partial charge on any atom is 0.251 e. The number of carbonyl (C=O) groups is 4. The van der Waals surface area contributed by atoms with Gasteiger partial charge in [0.15, 0.2) is 0 Å². The fourth-order valence-corrected chi connectivity index (χ4v) is 12.9. The highest BCUT2D eigenvalue weighted by atomic mass is 35.5. The molecule has 436 valence electrons. The van der Waals surface area contributed by atoms with E-state index in [1.807, 2.05) is 84.9 Å². The minimum absolute atomic E-state index is 0.0234. The molecule has 14 heteroatoms. The Morgan fingerprint density at radius 3 is 1.27 bits per heavy atom. The molecule has 0 unspecified atom stereocenters. The number of hydrogen-bond acceptors (Lipinski definition) is 8. The first-order valence-electron chi connectivity index (χ1n) is 30.6. The van der Waals surface area contributed by atoms with E-state index >= 15 is 0 Å². The highest BCUT2D eigenvalue weighted by Gasteiger charge is 2.34. The smallest absolute Gasteiger partial charge is 0.251 e. The average molecular weight is 1150 g/mol. The van der Waals surface area contributed by atoms with Crippen molar-refractivity contribution in [1.29, 1.82) is 0 Å². The molecule has 0 aromatic heterocycles. The van der Waals surface area contributed by atoms with Crippen LogP contribution in [-0.4, -0.2) is 146 Å². The van der Waals surface area contributed by atoms with Crippen molar-refractivity contribution in [2.45, 2.75) is 127 Å². The Bertz CT molecular complexity index is 2820. The molecule has 82 heavy (non-hydrogen) atoms. The van der Waals surface area contributed by atoms with E-state index in [1.165, 1.54) is 49.7 Å². The van der Waals surface area contributed by atoms with Gasteiger partial charge in [0.25, 0.3) is 11.8 Å². The van der Waals surface area contributed by atoms with E-state index in [9.17, 15) is 19.2 Å². The number of benzene rings is 6. The van der Waals surface area contributed by atoms with Gasteiger partial charge in [-0.25, -0.2) is 0 Å². The molecule has 12 nitrogen and oxygen atoms in total. The van der Waals surface area contributed by atoms with Crippen LogP contribution in [0.25, 0.3) is 21.5 Å². The van der Waals surface area contributed by atoms with E-state index in [4.69, 9.17) is 23.2 Å². The molecule has 0 spiro atoms. The first kappa shape index (κ1) is 60.7. The van der Waals surface area contributed by atoms with Crippen molar-refractivity contribution in [3.8, 4) is 0 Å². The zero-order chi connectivity index (χ0) is 57.2. The van der Waals surface area contributed by atoms with Crippen LogP contribution < -0.4 is 21.3 Å². The molecule has 0 aliphatic carbocycles. The summed E-state index contributed by atoms with van der Waals surface area (Å²) in [5.74, 6) is 0.799. The predicted molar refractivity (Wildman–Crippen MR) is 335 cm³/mol. The zero-order valence-electron chi connectivity index (χ0n) is 48.3. The SMILES string of the molecule is CC[C@H](CN1CC[C@@H](CNC(=O)c2ccc3cc(Cl)ccc3c2)N[C@H](CCN2CCCCC2)C1=O)c1ccccc1.CC[C@H](CN1CC[C@H](CNC(=O)c2ccc3cc(Cl)ccc3c2)N[C@@H](CCN2CCCCC2)C1=O)c1ccccc1. The van der Waals surface area contributed by atoms with Crippen molar-refractivity contribution in [1.82, 2.24) is 40.9 Å². The number of nitrogens with one attached hydrogen (secondary N) is 4. The van der Waals surface area contributed by atoms with Crippen molar-refractivity contribution in [2.24, 2.45) is 0 Å². The van der Waals surface area contributed by atoms with E-state index in [2.05, 4.69) is 103 Å². The summed E-state index contributed by atoms with van der Waals surface area (Å²) in [6, 6.07) is 43.4. The van der Waals surface area contributed by atoms with Crippen LogP contribution in [0.1, 0.15) is 135 Å². The molecule has 4 aliphatic heterocycles. The van der Waals surface area contributed by atoms with Gasteiger partial charge < -0.3 is 40.9 Å². The van der Waals surface area contributed by atoms with Gasteiger partial charge in [-0.3, -0.25) is 19.2 Å². The topological polar surface area (TPSA) is 129 Å². The Kier molecular flexibility index (Phi) is 22.7. The third-order valence-corrected chi connectivity index (χ3v) is 18.0. The van der Waals surface area contributed by atoms with Crippen LogP contribution in [0.4, 0.5) is 0 Å². The summed E-state index contributed by atoms with van der Waals surface area (Å²) in [6.45, 7) is 14.5. The van der Waals surface area contributed by atoms with Gasteiger partial charge in [-0.05, 0) is 172 Å². The number of nitrogens with zero attached hydrogens (tertiary/aromatic N) is 4. The van der Waals surface area contributed by atoms with Gasteiger partial charge in [-0.15, -0.1) is 0 Å². The summed E-state index contributed by atoms with van der Waals surface area (Å²) >= 11 is 12.2. The Balaban J connectivity index is 0.000000198. The molecule has 6 atom stereocenters. The molecule has 0 bridgehead atoms. The summed E-state index contributed by atoms with van der Waals surface area (Å²) in [5.41, 5.74) is 3.82. The molecule has 10 rings (SSSR count). The lowest BCUT2D eigenvalue weighted by molar-refractivity contribution is -0.134. The predicted octanol–water partition coefficient (Wildman–Crippen LogP) is 11.7. The van der Waals surface area contributed by atoms with Crippen LogP contribution in [-0.2, 0) is 9.59 Å². The minimum Gasteiger partial charge on any atom is -0.350 e. The molecule has 0 radical (unpaired) electrons. The molecular formula is C68H86Cl2N8O4. The Hall–Kier alpha value is -5.86. The molecule has 4 aliphatic rings. The van der Waals surface area contributed by atoms with Crippen LogP contribution in [0.15, 0.2) is 133 Å². The molecule has 4 fully saturated rings. The van der Waals surface area contributed by atoms with Crippen molar-refractivity contribution < 1.29 is 19.2 Å². The van der Waals surface area contributed by atoms with Gasteiger partial charge in [-0.2, -0.15) is 0 Å².